The molecule has 1 unspecified atom stereocenters. The highest BCUT2D eigenvalue weighted by molar-refractivity contribution is 5.90. The second-order valence-electron chi connectivity index (χ2n) is 3.95. The predicted molar refractivity (Wildman–Crippen MR) is 62.4 cm³/mol. The molecule has 0 saturated carbocycles. The van der Waals surface area contributed by atoms with E-state index >= 15 is 0 Å². The Kier molecular flexibility index (Phi) is 5.03. The van der Waals surface area contributed by atoms with Gasteiger partial charge in [0.05, 0.1) is 18.4 Å². The van der Waals surface area contributed by atoms with Crippen LogP contribution in [0.4, 0.5) is 14.5 Å². The molecule has 100 valence electrons. The van der Waals surface area contributed by atoms with E-state index in [2.05, 4.69) is 10.1 Å². The van der Waals surface area contributed by atoms with E-state index in [9.17, 15) is 13.6 Å². The summed E-state index contributed by atoms with van der Waals surface area (Å²) in [4.78, 5) is 11.1. The van der Waals surface area contributed by atoms with Crippen molar-refractivity contribution in [3.8, 4) is 0 Å². The van der Waals surface area contributed by atoms with Gasteiger partial charge in [-0.15, -0.1) is 0 Å². The van der Waals surface area contributed by atoms with Crippen molar-refractivity contribution in [2.45, 2.75) is 6.92 Å². The van der Waals surface area contributed by atoms with Crippen LogP contribution in [0.3, 0.4) is 0 Å². The number of benzene rings is 1. The molecule has 0 fully saturated rings. The predicted octanol–water partition coefficient (Wildman–Crippen LogP) is 1.79. The summed E-state index contributed by atoms with van der Waals surface area (Å²) in [5, 5.41) is 11.5. The number of hydrogen-bond donors (Lipinski definition) is 2. The van der Waals surface area contributed by atoms with Gasteiger partial charge < -0.3 is 15.2 Å². The molecule has 18 heavy (non-hydrogen) atoms. The first-order chi connectivity index (χ1) is 8.51. The molecule has 0 radical (unpaired) electrons. The fourth-order valence-corrected chi connectivity index (χ4v) is 1.30. The van der Waals surface area contributed by atoms with Crippen molar-refractivity contribution in [3.63, 3.8) is 0 Å². The van der Waals surface area contributed by atoms with Gasteiger partial charge in [0, 0.05) is 13.2 Å². The Morgan fingerprint density at radius 2 is 2.11 bits per heavy atom. The summed E-state index contributed by atoms with van der Waals surface area (Å²) in [5.74, 6) is -3.40. The molecule has 0 amide bonds. The van der Waals surface area contributed by atoms with Gasteiger partial charge in [0.2, 0.25) is 0 Å². The number of carbonyl (C=O) groups excluding carboxylic acids is 1. The first-order valence-corrected chi connectivity index (χ1v) is 5.42. The molecular weight excluding hydrogens is 244 g/mol. The molecule has 0 aromatic heterocycles. The summed E-state index contributed by atoms with van der Waals surface area (Å²) in [5.41, 5.74) is -0.504. The van der Waals surface area contributed by atoms with Crippen LogP contribution in [0, 0.1) is 17.6 Å². The molecule has 1 aromatic rings. The number of aliphatic hydroxyl groups excluding tert-OH is 1. The molecule has 2 N–H and O–H groups in total. The van der Waals surface area contributed by atoms with Crippen LogP contribution in [-0.2, 0) is 4.74 Å². The van der Waals surface area contributed by atoms with E-state index in [0.29, 0.717) is 6.54 Å². The third-order valence-electron chi connectivity index (χ3n) is 2.44. The zero-order chi connectivity index (χ0) is 13.7. The van der Waals surface area contributed by atoms with Crippen LogP contribution in [0.25, 0.3) is 0 Å². The monoisotopic (exact) mass is 259 g/mol. The second kappa shape index (κ2) is 6.30. The Bertz CT molecular complexity index is 438. The van der Waals surface area contributed by atoms with Gasteiger partial charge in [0.25, 0.3) is 0 Å². The molecule has 6 heteroatoms. The van der Waals surface area contributed by atoms with Gasteiger partial charge in [-0.1, -0.05) is 6.92 Å². The molecular formula is C12H15F2NO3. The molecule has 1 atom stereocenters. The normalized spacial score (nSPS) is 12.1. The van der Waals surface area contributed by atoms with Crippen LogP contribution in [-0.4, -0.2) is 31.3 Å². The number of halogens is 2. The number of rotatable bonds is 5. The third-order valence-corrected chi connectivity index (χ3v) is 2.44. The first kappa shape index (κ1) is 14.4. The highest BCUT2D eigenvalue weighted by Crippen LogP contribution is 2.21. The molecule has 0 heterocycles. The van der Waals surface area contributed by atoms with Gasteiger partial charge in [0.15, 0.2) is 11.6 Å². The smallest absolute Gasteiger partial charge is 0.340 e. The van der Waals surface area contributed by atoms with Crippen LogP contribution in [0.5, 0.6) is 0 Å². The minimum Gasteiger partial charge on any atom is -0.465 e. The number of anilines is 1. The number of methoxy groups -OCH3 is 1. The summed E-state index contributed by atoms with van der Waals surface area (Å²) in [6, 6.07) is 2.41. The van der Waals surface area contributed by atoms with Crippen molar-refractivity contribution in [1.29, 1.82) is 0 Å². The standard InChI is InChI=1S/C12H15F2NO3/c1-7(6-16)5-15-9-4-3-8(12(17)18-2)10(13)11(9)14/h3-4,7,15-16H,5-6H2,1-2H3. The molecule has 0 spiro atoms. The van der Waals surface area contributed by atoms with Crippen LogP contribution in [0.2, 0.25) is 0 Å². The third kappa shape index (κ3) is 3.16. The van der Waals surface area contributed by atoms with E-state index in [1.165, 1.54) is 6.07 Å². The van der Waals surface area contributed by atoms with Crippen molar-refractivity contribution in [2.75, 3.05) is 25.6 Å². The van der Waals surface area contributed by atoms with Crippen molar-refractivity contribution in [3.05, 3.63) is 29.3 Å². The van der Waals surface area contributed by atoms with E-state index in [4.69, 9.17) is 5.11 Å². The number of aliphatic hydroxyl groups is 1. The summed E-state index contributed by atoms with van der Waals surface area (Å²) in [6.07, 6.45) is 0. The van der Waals surface area contributed by atoms with Crippen molar-refractivity contribution < 1.29 is 23.4 Å². The van der Waals surface area contributed by atoms with Crippen LogP contribution >= 0.6 is 0 Å². The summed E-state index contributed by atoms with van der Waals surface area (Å²) < 4.78 is 31.5. The molecule has 0 aliphatic rings. The van der Waals surface area contributed by atoms with E-state index in [1.54, 1.807) is 6.92 Å². The van der Waals surface area contributed by atoms with Gasteiger partial charge >= 0.3 is 5.97 Å². The van der Waals surface area contributed by atoms with Crippen molar-refractivity contribution in [1.82, 2.24) is 0 Å². The summed E-state index contributed by atoms with van der Waals surface area (Å²) in [6.45, 7) is 1.99. The van der Waals surface area contributed by atoms with Crippen LogP contribution < -0.4 is 5.32 Å². The van der Waals surface area contributed by atoms with Gasteiger partial charge in [0.1, 0.15) is 0 Å². The lowest BCUT2D eigenvalue weighted by atomic mass is 10.1. The van der Waals surface area contributed by atoms with Gasteiger partial charge in [-0.2, -0.15) is 0 Å². The Hall–Kier alpha value is -1.69. The van der Waals surface area contributed by atoms with Gasteiger partial charge in [-0.05, 0) is 18.1 Å². The number of nitrogens with one attached hydrogen (secondary N) is 1. The lowest BCUT2D eigenvalue weighted by molar-refractivity contribution is 0.0594. The first-order valence-electron chi connectivity index (χ1n) is 5.42. The zero-order valence-corrected chi connectivity index (χ0v) is 10.2. The van der Waals surface area contributed by atoms with Crippen molar-refractivity contribution in [2.24, 2.45) is 5.92 Å². The van der Waals surface area contributed by atoms with E-state index < -0.39 is 23.2 Å². The average molecular weight is 259 g/mol. The lowest BCUT2D eigenvalue weighted by Crippen LogP contribution is -2.16. The Morgan fingerprint density at radius 1 is 1.44 bits per heavy atom. The number of hydrogen-bond acceptors (Lipinski definition) is 4. The van der Waals surface area contributed by atoms with Gasteiger partial charge in [-0.25, -0.2) is 13.6 Å². The number of esters is 1. The second-order valence-corrected chi connectivity index (χ2v) is 3.95. The maximum atomic E-state index is 13.6. The topological polar surface area (TPSA) is 58.6 Å². The molecule has 0 bridgehead atoms. The lowest BCUT2D eigenvalue weighted by Gasteiger charge is -2.12. The zero-order valence-electron chi connectivity index (χ0n) is 10.2. The Labute approximate surface area is 104 Å². The molecule has 1 aromatic carbocycles. The molecule has 1 rings (SSSR count). The fraction of sp³-hybridized carbons (Fsp3) is 0.417. The molecule has 0 aliphatic carbocycles. The maximum absolute atomic E-state index is 13.6. The highest BCUT2D eigenvalue weighted by atomic mass is 19.2. The molecule has 0 aliphatic heterocycles. The summed E-state index contributed by atoms with van der Waals surface area (Å²) >= 11 is 0. The van der Waals surface area contributed by atoms with E-state index in [-0.39, 0.29) is 18.2 Å². The fourth-order valence-electron chi connectivity index (χ4n) is 1.30. The van der Waals surface area contributed by atoms with Crippen molar-refractivity contribution >= 4 is 11.7 Å². The van der Waals surface area contributed by atoms with Crippen LogP contribution in [0.1, 0.15) is 17.3 Å². The minimum atomic E-state index is -1.25. The molecule has 4 nitrogen and oxygen atoms in total. The minimum absolute atomic E-state index is 0.0551. The number of ether oxygens (including phenoxy) is 1. The molecule has 0 saturated heterocycles. The quantitative estimate of drug-likeness (QED) is 0.791. The summed E-state index contributed by atoms with van der Waals surface area (Å²) in [7, 11) is 1.09. The van der Waals surface area contributed by atoms with E-state index in [1.807, 2.05) is 0 Å². The highest BCUT2D eigenvalue weighted by Gasteiger charge is 2.19. The number of carbonyl (C=O) groups is 1. The Balaban J connectivity index is 2.90. The van der Waals surface area contributed by atoms with Gasteiger partial charge in [-0.3, -0.25) is 0 Å². The van der Waals surface area contributed by atoms with Crippen LogP contribution in [0.15, 0.2) is 12.1 Å². The largest absolute Gasteiger partial charge is 0.465 e. The average Bonchev–Trinajstić information content (AvgIpc) is 2.39. The SMILES string of the molecule is COC(=O)c1ccc(NCC(C)CO)c(F)c1F. The maximum Gasteiger partial charge on any atom is 0.340 e. The Morgan fingerprint density at radius 3 is 2.67 bits per heavy atom. The van der Waals surface area contributed by atoms with E-state index in [0.717, 1.165) is 13.2 Å².